The van der Waals surface area contributed by atoms with Crippen LogP contribution in [0.15, 0.2) is 41.8 Å². The summed E-state index contributed by atoms with van der Waals surface area (Å²) in [7, 11) is 3.72. The lowest BCUT2D eigenvalue weighted by Crippen LogP contribution is -2.37. The number of carbonyl (C=O) groups excluding carboxylic acids is 2. The van der Waals surface area contributed by atoms with Crippen LogP contribution in [0, 0.1) is 0 Å². The van der Waals surface area contributed by atoms with E-state index < -0.39 is 0 Å². The highest BCUT2D eigenvalue weighted by atomic mass is 32.1. The molecule has 0 spiro atoms. The van der Waals surface area contributed by atoms with E-state index in [9.17, 15) is 9.59 Å². The largest absolute Gasteiger partial charge is 0.350 e. The van der Waals surface area contributed by atoms with E-state index in [0.29, 0.717) is 11.4 Å². The molecule has 0 aliphatic rings. The van der Waals surface area contributed by atoms with Crippen LogP contribution in [0.5, 0.6) is 0 Å². The van der Waals surface area contributed by atoms with Crippen molar-refractivity contribution in [3.8, 4) is 0 Å². The predicted molar refractivity (Wildman–Crippen MR) is 102 cm³/mol. The first kappa shape index (κ1) is 19.1. The Kier molecular flexibility index (Phi) is 7.16. The lowest BCUT2D eigenvalue weighted by Gasteiger charge is -2.16. The lowest BCUT2D eigenvalue weighted by atomic mass is 10.1. The van der Waals surface area contributed by atoms with E-state index in [1.807, 2.05) is 23.6 Å². The molecule has 134 valence electrons. The number of carbonyl (C=O) groups is 2. The fourth-order valence-electron chi connectivity index (χ4n) is 2.39. The molecule has 0 unspecified atom stereocenters. The second-order valence-corrected chi connectivity index (χ2v) is 7.01. The number of amides is 2. The van der Waals surface area contributed by atoms with E-state index >= 15 is 0 Å². The number of nitrogens with zero attached hydrogens (tertiary/aromatic N) is 2. The van der Waals surface area contributed by atoms with Crippen molar-refractivity contribution in [3.05, 3.63) is 57.8 Å². The number of nitrogens with one attached hydrogen (secondary N) is 1. The van der Waals surface area contributed by atoms with E-state index in [-0.39, 0.29) is 18.4 Å². The summed E-state index contributed by atoms with van der Waals surface area (Å²) in [6, 6.07) is 11.8. The molecule has 0 aliphatic carbocycles. The zero-order valence-electron chi connectivity index (χ0n) is 15.0. The lowest BCUT2D eigenvalue weighted by molar-refractivity contribution is -0.121. The van der Waals surface area contributed by atoms with Crippen LogP contribution in [0.2, 0.25) is 0 Å². The summed E-state index contributed by atoms with van der Waals surface area (Å²) < 4.78 is 0. The van der Waals surface area contributed by atoms with Gasteiger partial charge in [0.1, 0.15) is 0 Å². The van der Waals surface area contributed by atoms with E-state index in [4.69, 9.17) is 0 Å². The molecule has 0 saturated carbocycles. The first-order chi connectivity index (χ1) is 12.0. The second kappa shape index (κ2) is 9.34. The third-order valence-corrected chi connectivity index (χ3v) is 4.79. The van der Waals surface area contributed by atoms with Crippen molar-refractivity contribution in [2.45, 2.75) is 20.0 Å². The molecule has 2 amide bonds. The molecule has 2 rings (SSSR count). The van der Waals surface area contributed by atoms with Gasteiger partial charge in [-0.2, -0.15) is 0 Å². The molecule has 1 aromatic heterocycles. The van der Waals surface area contributed by atoms with Crippen LogP contribution in [0.25, 0.3) is 0 Å². The average Bonchev–Trinajstić information content (AvgIpc) is 3.14. The molecular weight excluding hydrogens is 334 g/mol. The highest BCUT2D eigenvalue weighted by Gasteiger charge is 2.15. The average molecular weight is 359 g/mol. The Morgan fingerprint density at radius 2 is 1.88 bits per heavy atom. The topological polar surface area (TPSA) is 52.7 Å². The molecule has 0 aliphatic heterocycles. The summed E-state index contributed by atoms with van der Waals surface area (Å²) in [5.74, 6) is -0.293. The second-order valence-electron chi connectivity index (χ2n) is 6.07. The smallest absolute Gasteiger partial charge is 0.264 e. The van der Waals surface area contributed by atoms with Crippen LogP contribution in [0.1, 0.15) is 27.7 Å². The Labute approximate surface area is 153 Å². The summed E-state index contributed by atoms with van der Waals surface area (Å²) in [5, 5.41) is 4.73. The Balaban J connectivity index is 1.83. The maximum absolute atomic E-state index is 12.1. The van der Waals surface area contributed by atoms with Crippen molar-refractivity contribution in [1.29, 1.82) is 0 Å². The zero-order valence-corrected chi connectivity index (χ0v) is 15.8. The molecule has 6 heteroatoms. The fourth-order valence-corrected chi connectivity index (χ4v) is 3.11. The molecular formula is C19H25N3O2S. The third-order valence-electron chi connectivity index (χ3n) is 3.93. The summed E-state index contributed by atoms with van der Waals surface area (Å²) >= 11 is 1.38. The molecule has 1 aromatic carbocycles. The van der Waals surface area contributed by atoms with E-state index in [0.717, 1.165) is 18.7 Å². The molecule has 1 N–H and O–H groups in total. The number of likely N-dealkylation sites (N-methyl/N-ethyl adjacent to an activating group) is 1. The normalized spacial score (nSPS) is 10.7. The number of hydrogen-bond donors (Lipinski definition) is 1. The Morgan fingerprint density at radius 3 is 2.56 bits per heavy atom. The van der Waals surface area contributed by atoms with Gasteiger partial charge in [-0.1, -0.05) is 37.3 Å². The van der Waals surface area contributed by atoms with Crippen molar-refractivity contribution in [3.63, 3.8) is 0 Å². The zero-order chi connectivity index (χ0) is 18.2. The van der Waals surface area contributed by atoms with Crippen LogP contribution in [0.4, 0.5) is 0 Å². The van der Waals surface area contributed by atoms with Gasteiger partial charge in [-0.3, -0.25) is 9.59 Å². The Morgan fingerprint density at radius 1 is 1.12 bits per heavy atom. The molecule has 0 radical (unpaired) electrons. The van der Waals surface area contributed by atoms with Gasteiger partial charge in [-0.25, -0.2) is 0 Å². The fraction of sp³-hybridized carbons (Fsp3) is 0.368. The maximum atomic E-state index is 12.1. The van der Waals surface area contributed by atoms with Crippen molar-refractivity contribution < 1.29 is 9.59 Å². The number of rotatable bonds is 8. The SMILES string of the molecule is CCN(C)Cc1cccc(CNC(=O)CN(C)C(=O)c2cccs2)c1. The van der Waals surface area contributed by atoms with Gasteiger partial charge in [0.25, 0.3) is 5.91 Å². The first-order valence-corrected chi connectivity index (χ1v) is 9.19. The van der Waals surface area contributed by atoms with Crippen molar-refractivity contribution >= 4 is 23.2 Å². The number of thiophene rings is 1. The van der Waals surface area contributed by atoms with Crippen molar-refractivity contribution in [2.24, 2.45) is 0 Å². The highest BCUT2D eigenvalue weighted by molar-refractivity contribution is 7.12. The third kappa shape index (κ3) is 5.99. The minimum absolute atomic E-state index is 0.0506. The Bertz CT molecular complexity index is 700. The quantitative estimate of drug-likeness (QED) is 0.788. The van der Waals surface area contributed by atoms with Gasteiger partial charge in [0.15, 0.2) is 0 Å². The van der Waals surface area contributed by atoms with E-state index in [1.165, 1.54) is 21.8 Å². The molecule has 0 bridgehead atoms. The minimum atomic E-state index is -0.163. The van der Waals surface area contributed by atoms with Crippen LogP contribution < -0.4 is 5.32 Å². The van der Waals surface area contributed by atoms with Crippen molar-refractivity contribution in [1.82, 2.24) is 15.1 Å². The van der Waals surface area contributed by atoms with E-state index in [1.54, 1.807) is 13.1 Å². The van der Waals surface area contributed by atoms with Gasteiger partial charge < -0.3 is 15.1 Å². The summed E-state index contributed by atoms with van der Waals surface area (Å²) in [6.07, 6.45) is 0. The van der Waals surface area contributed by atoms with Gasteiger partial charge in [0.05, 0.1) is 11.4 Å². The number of hydrogen-bond acceptors (Lipinski definition) is 4. The molecule has 5 nitrogen and oxygen atoms in total. The van der Waals surface area contributed by atoms with E-state index in [2.05, 4.69) is 36.3 Å². The minimum Gasteiger partial charge on any atom is -0.350 e. The molecule has 0 atom stereocenters. The summed E-state index contributed by atoms with van der Waals surface area (Å²) in [6.45, 7) is 4.51. The highest BCUT2D eigenvalue weighted by Crippen LogP contribution is 2.11. The van der Waals surface area contributed by atoms with Gasteiger partial charge in [-0.05, 0) is 36.2 Å². The number of benzene rings is 1. The van der Waals surface area contributed by atoms with Crippen LogP contribution in [0.3, 0.4) is 0 Å². The van der Waals surface area contributed by atoms with Gasteiger partial charge in [0, 0.05) is 20.1 Å². The molecule has 2 aromatic rings. The molecule has 0 fully saturated rings. The van der Waals surface area contributed by atoms with Gasteiger partial charge in [-0.15, -0.1) is 11.3 Å². The standard InChI is InChI=1S/C19H25N3O2S/c1-4-21(2)13-16-8-5-7-15(11-16)12-20-18(23)14-22(3)19(24)17-9-6-10-25-17/h5-11H,4,12-14H2,1-3H3,(H,20,23). The predicted octanol–water partition coefficient (Wildman–Crippen LogP) is 2.59. The van der Waals surface area contributed by atoms with Crippen LogP contribution in [-0.4, -0.2) is 48.8 Å². The van der Waals surface area contributed by atoms with Crippen LogP contribution >= 0.6 is 11.3 Å². The molecule has 25 heavy (non-hydrogen) atoms. The Hall–Kier alpha value is -2.18. The summed E-state index contributed by atoms with van der Waals surface area (Å²) in [5.41, 5.74) is 2.28. The first-order valence-electron chi connectivity index (χ1n) is 8.31. The van der Waals surface area contributed by atoms with Crippen LogP contribution in [-0.2, 0) is 17.9 Å². The molecule has 0 saturated heterocycles. The van der Waals surface area contributed by atoms with Gasteiger partial charge >= 0.3 is 0 Å². The summed E-state index contributed by atoms with van der Waals surface area (Å²) in [4.78, 5) is 28.5. The molecule has 1 heterocycles. The van der Waals surface area contributed by atoms with Gasteiger partial charge in [0.2, 0.25) is 5.91 Å². The maximum Gasteiger partial charge on any atom is 0.264 e. The van der Waals surface area contributed by atoms with Crippen molar-refractivity contribution in [2.75, 3.05) is 27.2 Å². The monoisotopic (exact) mass is 359 g/mol.